The number of hydrogen-bond acceptors (Lipinski definition) is 4. The Morgan fingerprint density at radius 1 is 0.889 bits per heavy atom. The minimum Gasteiger partial charge on any atom is -0.459 e. The van der Waals surface area contributed by atoms with E-state index < -0.39 is 17.6 Å². The normalized spacial score (nSPS) is 10.7. The van der Waals surface area contributed by atoms with Gasteiger partial charge in [0.25, 0.3) is 11.8 Å². The number of amides is 2. The summed E-state index contributed by atoms with van der Waals surface area (Å²) in [5, 5.41) is 5.77. The fraction of sp³-hybridized carbons (Fsp3) is 0. The molecule has 4 rings (SSSR count). The van der Waals surface area contributed by atoms with Crippen molar-refractivity contribution >= 4 is 34.2 Å². The van der Waals surface area contributed by atoms with Gasteiger partial charge in [-0.2, -0.15) is 0 Å². The molecule has 0 aliphatic carbocycles. The Balaban J connectivity index is 1.71. The zero-order valence-corrected chi connectivity index (χ0v) is 13.9. The minimum atomic E-state index is -0.619. The third-order valence-corrected chi connectivity index (χ3v) is 3.87. The molecule has 7 heteroatoms. The maximum Gasteiger partial charge on any atom is 0.293 e. The molecule has 134 valence electrons. The molecule has 0 saturated heterocycles. The number of carbonyl (C=O) groups is 2. The summed E-state index contributed by atoms with van der Waals surface area (Å²) in [6.07, 6.45) is 1.37. The summed E-state index contributed by atoms with van der Waals surface area (Å²) in [5.41, 5.74) is 0.904. The van der Waals surface area contributed by atoms with Crippen LogP contribution in [0, 0.1) is 5.82 Å². The molecule has 0 radical (unpaired) electrons. The summed E-state index contributed by atoms with van der Waals surface area (Å²) in [6.45, 7) is 0. The van der Waals surface area contributed by atoms with Crippen molar-refractivity contribution in [1.29, 1.82) is 0 Å². The van der Waals surface area contributed by atoms with Crippen LogP contribution in [-0.2, 0) is 0 Å². The summed E-state index contributed by atoms with van der Waals surface area (Å²) in [5.74, 6) is -1.63. The molecule has 0 atom stereocenters. The van der Waals surface area contributed by atoms with E-state index in [1.54, 1.807) is 36.4 Å². The molecule has 0 aliphatic heterocycles. The second kappa shape index (κ2) is 6.80. The smallest absolute Gasteiger partial charge is 0.293 e. The third-order valence-electron chi connectivity index (χ3n) is 3.87. The molecule has 0 fully saturated rings. The van der Waals surface area contributed by atoms with Crippen molar-refractivity contribution in [3.63, 3.8) is 0 Å². The first-order valence-electron chi connectivity index (χ1n) is 8.05. The zero-order chi connectivity index (χ0) is 18.8. The maximum atomic E-state index is 13.4. The molecule has 0 unspecified atom stereocenters. The van der Waals surface area contributed by atoms with Crippen LogP contribution in [0.2, 0.25) is 0 Å². The summed E-state index contributed by atoms with van der Waals surface area (Å²) >= 11 is 0. The van der Waals surface area contributed by atoms with E-state index in [0.717, 1.165) is 0 Å². The molecule has 0 spiro atoms. The molecule has 4 aromatic rings. The number of para-hydroxylation sites is 1. The zero-order valence-electron chi connectivity index (χ0n) is 13.9. The van der Waals surface area contributed by atoms with Crippen LogP contribution >= 0.6 is 0 Å². The minimum absolute atomic E-state index is 0.0942. The Labute approximate surface area is 152 Å². The highest BCUT2D eigenvalue weighted by molar-refractivity contribution is 6.16. The van der Waals surface area contributed by atoms with E-state index in [1.165, 1.54) is 30.5 Å². The molecule has 0 bridgehead atoms. The average molecular weight is 364 g/mol. The van der Waals surface area contributed by atoms with Crippen molar-refractivity contribution in [3.8, 4) is 0 Å². The molecule has 2 N–H and O–H groups in total. The lowest BCUT2D eigenvalue weighted by Gasteiger charge is -2.06. The highest BCUT2D eigenvalue weighted by Gasteiger charge is 2.23. The number of halogens is 1. The topological polar surface area (TPSA) is 84.5 Å². The molecule has 2 heterocycles. The van der Waals surface area contributed by atoms with E-state index >= 15 is 0 Å². The van der Waals surface area contributed by atoms with Crippen LogP contribution in [0.4, 0.5) is 15.8 Å². The summed E-state index contributed by atoms with van der Waals surface area (Å²) in [6, 6.07) is 15.5. The number of rotatable bonds is 4. The van der Waals surface area contributed by atoms with Crippen molar-refractivity contribution < 1.29 is 22.8 Å². The number of fused-ring (bicyclic) bond motifs is 1. The van der Waals surface area contributed by atoms with E-state index in [-0.39, 0.29) is 22.9 Å². The number of benzene rings is 2. The van der Waals surface area contributed by atoms with E-state index in [0.29, 0.717) is 11.0 Å². The number of nitrogens with one attached hydrogen (secondary N) is 2. The Morgan fingerprint density at radius 3 is 2.52 bits per heavy atom. The van der Waals surface area contributed by atoms with Gasteiger partial charge >= 0.3 is 0 Å². The van der Waals surface area contributed by atoms with Gasteiger partial charge in [-0.05, 0) is 42.5 Å². The Kier molecular flexibility index (Phi) is 4.18. The number of hydrogen-bond donors (Lipinski definition) is 2. The summed E-state index contributed by atoms with van der Waals surface area (Å²) in [7, 11) is 0. The second-order valence-corrected chi connectivity index (χ2v) is 5.70. The first kappa shape index (κ1) is 16.6. The van der Waals surface area contributed by atoms with Crippen molar-refractivity contribution in [2.75, 3.05) is 10.6 Å². The van der Waals surface area contributed by atoms with Gasteiger partial charge in [-0.15, -0.1) is 0 Å². The van der Waals surface area contributed by atoms with E-state index in [9.17, 15) is 14.0 Å². The first-order valence-corrected chi connectivity index (χ1v) is 8.05. The number of furan rings is 2. The van der Waals surface area contributed by atoms with Crippen molar-refractivity contribution in [2.24, 2.45) is 0 Å². The highest BCUT2D eigenvalue weighted by atomic mass is 19.1. The van der Waals surface area contributed by atoms with Gasteiger partial charge in [0.05, 0.1) is 6.26 Å². The molecule has 2 amide bonds. The first-order chi connectivity index (χ1) is 13.1. The van der Waals surface area contributed by atoms with Gasteiger partial charge in [0.2, 0.25) is 5.76 Å². The third kappa shape index (κ3) is 3.30. The summed E-state index contributed by atoms with van der Waals surface area (Å²) < 4.78 is 24.1. The highest BCUT2D eigenvalue weighted by Crippen LogP contribution is 2.32. The molecular weight excluding hydrogens is 351 g/mol. The van der Waals surface area contributed by atoms with Crippen molar-refractivity contribution in [2.45, 2.75) is 0 Å². The van der Waals surface area contributed by atoms with Crippen LogP contribution in [0.1, 0.15) is 21.1 Å². The van der Waals surface area contributed by atoms with E-state index in [4.69, 9.17) is 8.83 Å². The molecule has 0 saturated carbocycles. The van der Waals surface area contributed by atoms with Crippen LogP contribution < -0.4 is 10.6 Å². The monoisotopic (exact) mass is 364 g/mol. The molecular formula is C20H13FN2O4. The standard InChI is InChI=1S/C20H13FN2O4/c21-12-5-3-6-13(11-12)22-20(25)18-17(14-7-1-2-8-15(14)27-18)23-19(24)16-9-4-10-26-16/h1-11H,(H,22,25)(H,23,24). The van der Waals surface area contributed by atoms with E-state index in [1.807, 2.05) is 0 Å². The number of anilines is 2. The molecule has 2 aromatic carbocycles. The van der Waals surface area contributed by atoms with E-state index in [2.05, 4.69) is 10.6 Å². The Hall–Kier alpha value is -3.87. The number of carbonyl (C=O) groups excluding carboxylic acids is 2. The lowest BCUT2D eigenvalue weighted by Crippen LogP contribution is -2.16. The van der Waals surface area contributed by atoms with Crippen LogP contribution in [0.5, 0.6) is 0 Å². The largest absolute Gasteiger partial charge is 0.459 e. The lowest BCUT2D eigenvalue weighted by atomic mass is 10.2. The van der Waals surface area contributed by atoms with Gasteiger partial charge in [0, 0.05) is 11.1 Å². The van der Waals surface area contributed by atoms with Gasteiger partial charge in [0.15, 0.2) is 5.76 Å². The maximum absolute atomic E-state index is 13.4. The van der Waals surface area contributed by atoms with Gasteiger partial charge in [0.1, 0.15) is 17.1 Å². The fourth-order valence-corrected chi connectivity index (χ4v) is 2.67. The predicted octanol–water partition coefficient (Wildman–Crippen LogP) is 4.67. The van der Waals surface area contributed by atoms with Crippen LogP contribution in [-0.4, -0.2) is 11.8 Å². The lowest BCUT2D eigenvalue weighted by molar-refractivity contribution is 0.0996. The molecule has 2 aromatic heterocycles. The second-order valence-electron chi connectivity index (χ2n) is 5.70. The van der Waals surface area contributed by atoms with Crippen LogP contribution in [0.25, 0.3) is 11.0 Å². The van der Waals surface area contributed by atoms with Gasteiger partial charge in [-0.3, -0.25) is 9.59 Å². The molecule has 6 nitrogen and oxygen atoms in total. The SMILES string of the molecule is O=C(Nc1c(C(=O)Nc2cccc(F)c2)oc2ccccc12)c1ccco1. The van der Waals surface area contributed by atoms with Crippen molar-refractivity contribution in [1.82, 2.24) is 0 Å². The Bertz CT molecular complexity index is 1130. The van der Waals surface area contributed by atoms with Crippen LogP contribution in [0.3, 0.4) is 0 Å². The quantitative estimate of drug-likeness (QED) is 0.551. The molecule has 27 heavy (non-hydrogen) atoms. The Morgan fingerprint density at radius 2 is 1.74 bits per heavy atom. The van der Waals surface area contributed by atoms with Gasteiger partial charge < -0.3 is 19.5 Å². The van der Waals surface area contributed by atoms with Gasteiger partial charge in [-0.25, -0.2) is 4.39 Å². The predicted molar refractivity (Wildman–Crippen MR) is 97.2 cm³/mol. The summed E-state index contributed by atoms with van der Waals surface area (Å²) in [4.78, 5) is 25.0. The van der Waals surface area contributed by atoms with Crippen molar-refractivity contribution in [3.05, 3.63) is 84.3 Å². The molecule has 0 aliphatic rings. The van der Waals surface area contributed by atoms with Gasteiger partial charge in [-0.1, -0.05) is 18.2 Å². The fourth-order valence-electron chi connectivity index (χ4n) is 2.67. The average Bonchev–Trinajstić information content (AvgIpc) is 3.30. The van der Waals surface area contributed by atoms with Crippen LogP contribution in [0.15, 0.2) is 75.8 Å².